The monoisotopic (exact) mass is 385 g/mol. The lowest BCUT2D eigenvalue weighted by molar-refractivity contribution is -0.153. The van der Waals surface area contributed by atoms with Gasteiger partial charge in [-0.3, -0.25) is 4.79 Å². The first-order valence-corrected chi connectivity index (χ1v) is 10.3. The second kappa shape index (κ2) is 12.4. The largest absolute Gasteiger partial charge is 0.370 e. The standard InChI is InChI=1S/C18H27NO6S/c1-2-3-4-5-6-7-11-14-17(20)24-19-15-18(21)25-26(22,23)16-12-9-8-10-13-16/h8-10,12-13,19H,2-7,11,14-15H2,1H3. The van der Waals surface area contributed by atoms with E-state index < -0.39 is 28.6 Å². The van der Waals surface area contributed by atoms with Crippen LogP contribution >= 0.6 is 0 Å². The Labute approximate surface area is 155 Å². The Bertz CT molecular complexity index is 645. The van der Waals surface area contributed by atoms with Gasteiger partial charge in [0.15, 0.2) is 0 Å². The number of hydroxylamine groups is 1. The molecule has 146 valence electrons. The van der Waals surface area contributed by atoms with E-state index in [1.807, 2.05) is 0 Å². The number of hydrogen-bond donors (Lipinski definition) is 1. The van der Waals surface area contributed by atoms with E-state index in [1.165, 1.54) is 49.9 Å². The molecule has 1 aromatic rings. The molecule has 0 aliphatic rings. The highest BCUT2D eigenvalue weighted by Gasteiger charge is 2.19. The quantitative estimate of drug-likeness (QED) is 0.316. The number of nitrogens with one attached hydrogen (secondary N) is 1. The minimum absolute atomic E-state index is 0.121. The SMILES string of the molecule is CCCCCCCCCC(=O)ONCC(=O)OS(=O)(=O)c1ccccc1. The van der Waals surface area contributed by atoms with Crippen molar-refractivity contribution < 1.29 is 27.0 Å². The van der Waals surface area contributed by atoms with Crippen LogP contribution in [0.25, 0.3) is 0 Å². The average Bonchev–Trinajstić information content (AvgIpc) is 2.61. The summed E-state index contributed by atoms with van der Waals surface area (Å²) in [5, 5.41) is 0. The van der Waals surface area contributed by atoms with E-state index in [2.05, 4.69) is 16.6 Å². The zero-order chi connectivity index (χ0) is 19.3. The Morgan fingerprint density at radius 1 is 0.923 bits per heavy atom. The summed E-state index contributed by atoms with van der Waals surface area (Å²) in [6.07, 6.45) is 7.84. The van der Waals surface area contributed by atoms with Gasteiger partial charge in [0.2, 0.25) is 0 Å². The van der Waals surface area contributed by atoms with E-state index in [-0.39, 0.29) is 11.3 Å². The maximum absolute atomic E-state index is 11.8. The topological polar surface area (TPSA) is 98.8 Å². The summed E-state index contributed by atoms with van der Waals surface area (Å²) >= 11 is 0. The van der Waals surface area contributed by atoms with Crippen LogP contribution in [0.15, 0.2) is 35.2 Å². The van der Waals surface area contributed by atoms with Crippen LogP contribution in [0.2, 0.25) is 0 Å². The Kier molecular flexibility index (Phi) is 10.6. The van der Waals surface area contributed by atoms with Crippen LogP contribution in [0.3, 0.4) is 0 Å². The van der Waals surface area contributed by atoms with Crippen LogP contribution < -0.4 is 5.48 Å². The highest BCUT2D eigenvalue weighted by atomic mass is 32.2. The fourth-order valence-electron chi connectivity index (χ4n) is 2.24. The van der Waals surface area contributed by atoms with E-state index in [9.17, 15) is 18.0 Å². The van der Waals surface area contributed by atoms with Gasteiger partial charge < -0.3 is 9.02 Å². The molecule has 0 spiro atoms. The van der Waals surface area contributed by atoms with Crippen molar-refractivity contribution in [1.82, 2.24) is 5.48 Å². The van der Waals surface area contributed by atoms with Gasteiger partial charge in [0, 0.05) is 6.42 Å². The highest BCUT2D eigenvalue weighted by Crippen LogP contribution is 2.11. The van der Waals surface area contributed by atoms with Crippen molar-refractivity contribution >= 4 is 22.1 Å². The molecule has 0 saturated heterocycles. The number of carbonyl (C=O) groups excluding carboxylic acids is 2. The zero-order valence-corrected chi connectivity index (χ0v) is 15.9. The second-order valence-electron chi connectivity index (χ2n) is 5.89. The Hall–Kier alpha value is -1.93. The number of benzene rings is 1. The Morgan fingerprint density at radius 3 is 2.19 bits per heavy atom. The normalized spacial score (nSPS) is 11.1. The molecule has 0 saturated carbocycles. The molecule has 7 nitrogen and oxygen atoms in total. The van der Waals surface area contributed by atoms with E-state index in [4.69, 9.17) is 4.84 Å². The second-order valence-corrected chi connectivity index (χ2v) is 7.44. The number of carbonyl (C=O) groups is 2. The van der Waals surface area contributed by atoms with E-state index in [1.54, 1.807) is 6.07 Å². The third-order valence-corrected chi connectivity index (χ3v) is 4.88. The molecule has 1 N–H and O–H groups in total. The molecule has 0 bridgehead atoms. The summed E-state index contributed by atoms with van der Waals surface area (Å²) in [4.78, 5) is 27.6. The molecule has 0 aromatic heterocycles. The molecule has 8 heteroatoms. The smallest absolute Gasteiger partial charge is 0.341 e. The maximum Gasteiger partial charge on any atom is 0.341 e. The van der Waals surface area contributed by atoms with Gasteiger partial charge in [0.1, 0.15) is 11.4 Å². The molecule has 0 amide bonds. The zero-order valence-electron chi connectivity index (χ0n) is 15.1. The third kappa shape index (κ3) is 9.53. The summed E-state index contributed by atoms with van der Waals surface area (Å²) in [5.41, 5.74) is 2.14. The molecule has 0 aliphatic heterocycles. The molecule has 0 heterocycles. The summed E-state index contributed by atoms with van der Waals surface area (Å²) in [6, 6.07) is 7.32. The van der Waals surface area contributed by atoms with Gasteiger partial charge in [-0.25, -0.2) is 4.79 Å². The van der Waals surface area contributed by atoms with Crippen LogP contribution in [-0.2, 0) is 28.7 Å². The molecule has 0 fully saturated rings. The van der Waals surface area contributed by atoms with Gasteiger partial charge in [-0.05, 0) is 18.6 Å². The molecule has 1 aromatic carbocycles. The first-order valence-electron chi connectivity index (χ1n) is 8.90. The molecular formula is C18H27NO6S. The van der Waals surface area contributed by atoms with Gasteiger partial charge >= 0.3 is 22.1 Å². The number of rotatable bonds is 13. The minimum Gasteiger partial charge on any atom is -0.370 e. The van der Waals surface area contributed by atoms with Crippen molar-refractivity contribution in [1.29, 1.82) is 0 Å². The Morgan fingerprint density at radius 2 is 1.54 bits per heavy atom. The van der Waals surface area contributed by atoms with Gasteiger partial charge in [-0.2, -0.15) is 8.42 Å². The fourth-order valence-corrected chi connectivity index (χ4v) is 3.13. The van der Waals surface area contributed by atoms with Gasteiger partial charge in [0.05, 0.1) is 0 Å². The van der Waals surface area contributed by atoms with Crippen molar-refractivity contribution in [2.45, 2.75) is 63.2 Å². The third-order valence-electron chi connectivity index (χ3n) is 3.62. The molecular weight excluding hydrogens is 358 g/mol. The van der Waals surface area contributed by atoms with E-state index in [0.717, 1.165) is 19.3 Å². The summed E-state index contributed by atoms with van der Waals surface area (Å²) in [5.74, 6) is -1.55. The van der Waals surface area contributed by atoms with Crippen molar-refractivity contribution in [3.63, 3.8) is 0 Å². The lowest BCUT2D eigenvalue weighted by Crippen LogP contribution is -2.29. The summed E-state index contributed by atoms with van der Waals surface area (Å²) in [6.45, 7) is 1.62. The first kappa shape index (κ1) is 22.1. The molecule has 0 radical (unpaired) electrons. The van der Waals surface area contributed by atoms with Crippen molar-refractivity contribution in [3.05, 3.63) is 30.3 Å². The van der Waals surface area contributed by atoms with Gasteiger partial charge in [0.25, 0.3) is 0 Å². The van der Waals surface area contributed by atoms with Crippen molar-refractivity contribution in [2.24, 2.45) is 0 Å². The molecule has 26 heavy (non-hydrogen) atoms. The van der Waals surface area contributed by atoms with Crippen LogP contribution in [0, 0.1) is 0 Å². The first-order chi connectivity index (χ1) is 12.5. The van der Waals surface area contributed by atoms with Crippen LogP contribution in [0.4, 0.5) is 0 Å². The predicted molar refractivity (Wildman–Crippen MR) is 96.4 cm³/mol. The van der Waals surface area contributed by atoms with Crippen molar-refractivity contribution in [2.75, 3.05) is 6.54 Å². The lowest BCUT2D eigenvalue weighted by atomic mass is 10.1. The summed E-state index contributed by atoms with van der Waals surface area (Å²) in [7, 11) is -4.17. The molecule has 0 atom stereocenters. The van der Waals surface area contributed by atoms with E-state index >= 15 is 0 Å². The number of hydrogen-bond acceptors (Lipinski definition) is 7. The fraction of sp³-hybridized carbons (Fsp3) is 0.556. The molecule has 1 rings (SSSR count). The van der Waals surface area contributed by atoms with Crippen LogP contribution in [-0.4, -0.2) is 26.9 Å². The van der Waals surface area contributed by atoms with E-state index in [0.29, 0.717) is 0 Å². The number of unbranched alkanes of at least 4 members (excludes halogenated alkanes) is 6. The predicted octanol–water partition coefficient (Wildman–Crippen LogP) is 3.11. The van der Waals surface area contributed by atoms with Gasteiger partial charge in [-0.1, -0.05) is 63.6 Å². The maximum atomic E-state index is 11.8. The molecule has 0 aliphatic carbocycles. The average molecular weight is 385 g/mol. The Balaban J connectivity index is 2.14. The van der Waals surface area contributed by atoms with Crippen molar-refractivity contribution in [3.8, 4) is 0 Å². The summed E-state index contributed by atoms with van der Waals surface area (Å²) < 4.78 is 28.1. The minimum atomic E-state index is -4.17. The van der Waals surface area contributed by atoms with Gasteiger partial charge in [-0.15, -0.1) is 5.48 Å². The molecule has 0 unspecified atom stereocenters. The lowest BCUT2D eigenvalue weighted by Gasteiger charge is -2.07. The van der Waals surface area contributed by atoms with Crippen LogP contribution in [0.1, 0.15) is 58.3 Å². The van der Waals surface area contributed by atoms with Crippen LogP contribution in [0.5, 0.6) is 0 Å². The highest BCUT2D eigenvalue weighted by molar-refractivity contribution is 7.87.